The van der Waals surface area contributed by atoms with Gasteiger partial charge in [0.25, 0.3) is 0 Å². The molecule has 0 spiro atoms. The molecule has 0 saturated carbocycles. The molecule has 1 atom stereocenters. The van der Waals surface area contributed by atoms with Crippen molar-refractivity contribution in [2.24, 2.45) is 0 Å². The average Bonchev–Trinajstić information content (AvgIpc) is 3.48. The van der Waals surface area contributed by atoms with Crippen molar-refractivity contribution >= 4 is 29.4 Å². The van der Waals surface area contributed by atoms with Gasteiger partial charge in [0.15, 0.2) is 0 Å². The number of hydrogen-bond acceptors (Lipinski definition) is 5. The summed E-state index contributed by atoms with van der Waals surface area (Å²) >= 11 is 1.60. The van der Waals surface area contributed by atoms with E-state index in [0.717, 1.165) is 21.8 Å². The second-order valence-corrected chi connectivity index (χ2v) is 7.94. The van der Waals surface area contributed by atoms with Crippen LogP contribution in [0.25, 0.3) is 22.3 Å². The van der Waals surface area contributed by atoms with Gasteiger partial charge in [0, 0.05) is 30.4 Å². The number of rotatable bonds is 7. The fraction of sp³-hybridized carbons (Fsp3) is 0.227. The monoisotopic (exact) mass is 422 g/mol. The van der Waals surface area contributed by atoms with E-state index in [2.05, 4.69) is 5.32 Å². The first-order valence-corrected chi connectivity index (χ1v) is 10.6. The Hall–Kier alpha value is -3.39. The number of amides is 2. The van der Waals surface area contributed by atoms with E-state index in [9.17, 15) is 9.59 Å². The van der Waals surface area contributed by atoms with E-state index >= 15 is 0 Å². The van der Waals surface area contributed by atoms with E-state index in [1.54, 1.807) is 22.3 Å². The first-order valence-electron chi connectivity index (χ1n) is 9.69. The van der Waals surface area contributed by atoms with Crippen molar-refractivity contribution in [2.45, 2.75) is 13.0 Å². The summed E-state index contributed by atoms with van der Waals surface area (Å²) in [5, 5.41) is 9.62. The van der Waals surface area contributed by atoms with Gasteiger partial charge in [0.1, 0.15) is 12.3 Å². The lowest BCUT2D eigenvalue weighted by atomic mass is 10.2. The Morgan fingerprint density at radius 2 is 2.13 bits per heavy atom. The summed E-state index contributed by atoms with van der Waals surface area (Å²) in [7, 11) is 0. The predicted octanol–water partition coefficient (Wildman–Crippen LogP) is 3.57. The molecule has 4 rings (SSSR count). The summed E-state index contributed by atoms with van der Waals surface area (Å²) in [6.45, 7) is 3.24. The molecule has 2 aromatic heterocycles. The molecule has 0 aliphatic carbocycles. The first-order chi connectivity index (χ1) is 14.6. The maximum atomic E-state index is 12.4. The predicted molar refractivity (Wildman–Crippen MR) is 116 cm³/mol. The molecule has 1 fully saturated rings. The van der Waals surface area contributed by atoms with Crippen LogP contribution >= 0.6 is 11.3 Å². The zero-order valence-corrected chi connectivity index (χ0v) is 17.3. The summed E-state index contributed by atoms with van der Waals surface area (Å²) < 4.78 is 6.73. The van der Waals surface area contributed by atoms with Gasteiger partial charge >= 0.3 is 6.09 Å². The van der Waals surface area contributed by atoms with Gasteiger partial charge in [-0.15, -0.1) is 11.3 Å². The third-order valence-electron chi connectivity index (χ3n) is 4.66. The fourth-order valence-corrected chi connectivity index (χ4v) is 3.98. The van der Waals surface area contributed by atoms with Crippen LogP contribution in [0.15, 0.2) is 60.1 Å². The molecule has 3 heterocycles. The van der Waals surface area contributed by atoms with E-state index in [0.29, 0.717) is 19.7 Å². The number of thiophene rings is 1. The van der Waals surface area contributed by atoms with E-state index in [-0.39, 0.29) is 18.0 Å². The number of nitrogens with one attached hydrogen (secondary N) is 1. The Morgan fingerprint density at radius 3 is 2.83 bits per heavy atom. The van der Waals surface area contributed by atoms with Crippen LogP contribution in [0.4, 0.5) is 4.79 Å². The molecule has 0 bridgehead atoms. The molecule has 1 aliphatic rings. The van der Waals surface area contributed by atoms with E-state index < -0.39 is 0 Å². The molecule has 1 N–H and O–H groups in total. The second kappa shape index (κ2) is 8.96. The van der Waals surface area contributed by atoms with E-state index in [1.165, 1.54) is 6.08 Å². The highest BCUT2D eigenvalue weighted by molar-refractivity contribution is 7.13. The van der Waals surface area contributed by atoms with Gasteiger partial charge in [-0.3, -0.25) is 4.79 Å². The molecule has 1 aliphatic heterocycles. The summed E-state index contributed by atoms with van der Waals surface area (Å²) in [6, 6.07) is 13.7. The lowest BCUT2D eigenvalue weighted by Crippen LogP contribution is -2.41. The summed E-state index contributed by atoms with van der Waals surface area (Å²) in [4.78, 5) is 26.6. The molecule has 154 valence electrons. The summed E-state index contributed by atoms with van der Waals surface area (Å²) in [5.41, 5.74) is 2.63. The lowest BCUT2D eigenvalue weighted by molar-refractivity contribution is -0.117. The highest BCUT2D eigenvalue weighted by atomic mass is 32.1. The normalized spacial score (nSPS) is 14.8. The van der Waals surface area contributed by atoms with Crippen molar-refractivity contribution in [1.82, 2.24) is 20.0 Å². The second-order valence-electron chi connectivity index (χ2n) is 6.99. The van der Waals surface area contributed by atoms with Gasteiger partial charge in [0.2, 0.25) is 5.91 Å². The van der Waals surface area contributed by atoms with Crippen molar-refractivity contribution in [2.75, 3.05) is 19.7 Å². The number of benzene rings is 1. The molecule has 8 heteroatoms. The van der Waals surface area contributed by atoms with Crippen LogP contribution in [-0.2, 0) is 9.53 Å². The number of aromatic nitrogens is 2. The molecular weight excluding hydrogens is 400 g/mol. The minimum Gasteiger partial charge on any atom is -0.448 e. The number of hydrogen-bond donors (Lipinski definition) is 1. The molecule has 3 aromatic rings. The zero-order valence-electron chi connectivity index (χ0n) is 16.5. The average molecular weight is 423 g/mol. The molecular formula is C22H22N4O3S. The van der Waals surface area contributed by atoms with E-state index in [1.807, 2.05) is 65.6 Å². The molecule has 7 nitrogen and oxygen atoms in total. The van der Waals surface area contributed by atoms with Crippen LogP contribution < -0.4 is 5.32 Å². The van der Waals surface area contributed by atoms with Crippen LogP contribution in [0.2, 0.25) is 0 Å². The number of cyclic esters (lactones) is 1. The van der Waals surface area contributed by atoms with Gasteiger partial charge in [-0.1, -0.05) is 24.3 Å². The standard InChI is InChI=1S/C22H22N4O3S/c1-16(14-25-11-12-29-22(25)28)23-20(27)10-9-17-15-26(18-6-3-2-4-7-18)24-21(17)19-8-5-13-30-19/h2-10,13,15-16H,11-12,14H2,1H3,(H,23,27)/b10-9+/t16-/m0/s1. The zero-order chi connectivity index (χ0) is 20.9. The maximum Gasteiger partial charge on any atom is 0.410 e. The van der Waals surface area contributed by atoms with Crippen molar-refractivity contribution in [3.05, 3.63) is 65.7 Å². The third-order valence-corrected chi connectivity index (χ3v) is 5.54. The van der Waals surface area contributed by atoms with Crippen molar-refractivity contribution < 1.29 is 14.3 Å². The Balaban J connectivity index is 1.48. The largest absolute Gasteiger partial charge is 0.448 e. The van der Waals surface area contributed by atoms with E-state index in [4.69, 9.17) is 9.84 Å². The Morgan fingerprint density at radius 1 is 1.30 bits per heavy atom. The summed E-state index contributed by atoms with van der Waals surface area (Å²) in [6.07, 6.45) is 4.86. The fourth-order valence-electron chi connectivity index (χ4n) is 3.25. The van der Waals surface area contributed by atoms with Crippen LogP contribution in [0.1, 0.15) is 12.5 Å². The van der Waals surface area contributed by atoms with Crippen LogP contribution in [0.5, 0.6) is 0 Å². The molecule has 2 amide bonds. The highest BCUT2D eigenvalue weighted by Crippen LogP contribution is 2.28. The van der Waals surface area contributed by atoms with Crippen LogP contribution in [0, 0.1) is 0 Å². The van der Waals surface area contributed by atoms with Gasteiger partial charge < -0.3 is 15.0 Å². The Kier molecular flexibility index (Phi) is 5.94. The van der Waals surface area contributed by atoms with Crippen LogP contribution in [-0.4, -0.2) is 52.4 Å². The molecule has 1 aromatic carbocycles. The van der Waals surface area contributed by atoms with Gasteiger partial charge in [-0.25, -0.2) is 9.48 Å². The van der Waals surface area contributed by atoms with Crippen LogP contribution in [0.3, 0.4) is 0 Å². The first kappa shape index (κ1) is 19.9. The maximum absolute atomic E-state index is 12.4. The number of nitrogens with zero attached hydrogens (tertiary/aromatic N) is 3. The van der Waals surface area contributed by atoms with Crippen molar-refractivity contribution in [1.29, 1.82) is 0 Å². The molecule has 0 unspecified atom stereocenters. The highest BCUT2D eigenvalue weighted by Gasteiger charge is 2.23. The van der Waals surface area contributed by atoms with Gasteiger partial charge in [0.05, 0.1) is 17.1 Å². The number of para-hydroxylation sites is 1. The Labute approximate surface area is 178 Å². The minimum atomic E-state index is -0.333. The van der Waals surface area contributed by atoms with Crippen molar-refractivity contribution in [3.63, 3.8) is 0 Å². The van der Waals surface area contributed by atoms with Gasteiger partial charge in [-0.2, -0.15) is 5.10 Å². The number of carbonyl (C=O) groups excluding carboxylic acids is 2. The minimum absolute atomic E-state index is 0.184. The smallest absolute Gasteiger partial charge is 0.410 e. The van der Waals surface area contributed by atoms with Gasteiger partial charge in [-0.05, 0) is 36.6 Å². The summed E-state index contributed by atoms with van der Waals surface area (Å²) in [5.74, 6) is -0.223. The number of ether oxygens (including phenoxy) is 1. The molecule has 30 heavy (non-hydrogen) atoms. The van der Waals surface area contributed by atoms with Crippen molar-refractivity contribution in [3.8, 4) is 16.3 Å². The Bertz CT molecular complexity index is 1040. The topological polar surface area (TPSA) is 76.5 Å². The molecule has 0 radical (unpaired) electrons. The lowest BCUT2D eigenvalue weighted by Gasteiger charge is -2.18. The molecule has 1 saturated heterocycles. The third kappa shape index (κ3) is 4.60. The quantitative estimate of drug-likeness (QED) is 0.591. The SMILES string of the molecule is C[C@@H](CN1CCOC1=O)NC(=O)/C=C/c1cn(-c2ccccc2)nc1-c1cccs1. The number of carbonyl (C=O) groups is 2.